The standard InChI is InChI=1S/C16H9BrCl2N2/c17-13-14(10-5-2-1-3-6-10)20-16(21-15(13)19)11-7-4-8-12(18)9-11/h1-9H. The highest BCUT2D eigenvalue weighted by Gasteiger charge is 2.13. The van der Waals surface area contributed by atoms with Gasteiger partial charge in [0.05, 0.1) is 10.2 Å². The molecule has 0 saturated carbocycles. The minimum absolute atomic E-state index is 0.374. The molecule has 1 heterocycles. The van der Waals surface area contributed by atoms with Gasteiger partial charge in [0.1, 0.15) is 5.15 Å². The zero-order valence-corrected chi connectivity index (χ0v) is 13.8. The fraction of sp³-hybridized carbons (Fsp3) is 0. The molecule has 0 radical (unpaired) electrons. The van der Waals surface area contributed by atoms with Crippen LogP contribution in [0.2, 0.25) is 10.2 Å². The molecule has 5 heteroatoms. The van der Waals surface area contributed by atoms with E-state index < -0.39 is 0 Å². The van der Waals surface area contributed by atoms with E-state index in [0.717, 1.165) is 16.8 Å². The van der Waals surface area contributed by atoms with E-state index in [1.165, 1.54) is 0 Å². The lowest BCUT2D eigenvalue weighted by atomic mass is 10.1. The highest BCUT2D eigenvalue weighted by Crippen LogP contribution is 2.33. The van der Waals surface area contributed by atoms with Gasteiger partial charge in [-0.3, -0.25) is 0 Å². The third-order valence-corrected chi connectivity index (χ3v) is 4.43. The maximum atomic E-state index is 6.23. The van der Waals surface area contributed by atoms with E-state index >= 15 is 0 Å². The molecule has 3 rings (SSSR count). The molecule has 2 aromatic carbocycles. The van der Waals surface area contributed by atoms with Crippen molar-refractivity contribution in [3.05, 3.63) is 69.2 Å². The summed E-state index contributed by atoms with van der Waals surface area (Å²) < 4.78 is 0.682. The van der Waals surface area contributed by atoms with Crippen LogP contribution in [-0.2, 0) is 0 Å². The number of rotatable bonds is 2. The first kappa shape index (κ1) is 14.5. The van der Waals surface area contributed by atoms with Crippen molar-refractivity contribution in [1.82, 2.24) is 9.97 Å². The first-order valence-electron chi connectivity index (χ1n) is 6.19. The molecule has 0 aliphatic heterocycles. The Hall–Kier alpha value is -1.42. The Balaban J connectivity index is 2.19. The number of hydrogen-bond acceptors (Lipinski definition) is 2. The van der Waals surface area contributed by atoms with E-state index in [9.17, 15) is 0 Å². The molecule has 0 fully saturated rings. The molecule has 0 bridgehead atoms. The normalized spacial score (nSPS) is 10.6. The van der Waals surface area contributed by atoms with E-state index in [0.29, 0.717) is 20.5 Å². The molecule has 0 aliphatic carbocycles. The van der Waals surface area contributed by atoms with E-state index in [-0.39, 0.29) is 0 Å². The largest absolute Gasteiger partial charge is 0.227 e. The number of aromatic nitrogens is 2. The second-order valence-corrected chi connectivity index (χ2v) is 5.96. The van der Waals surface area contributed by atoms with Crippen molar-refractivity contribution >= 4 is 39.1 Å². The second kappa shape index (κ2) is 6.14. The van der Waals surface area contributed by atoms with Crippen LogP contribution in [0, 0.1) is 0 Å². The predicted octanol–water partition coefficient (Wildman–Crippen LogP) is 5.88. The predicted molar refractivity (Wildman–Crippen MR) is 90.6 cm³/mol. The van der Waals surface area contributed by atoms with Crippen LogP contribution in [0.1, 0.15) is 0 Å². The number of nitrogens with zero attached hydrogens (tertiary/aromatic N) is 2. The van der Waals surface area contributed by atoms with Crippen LogP contribution in [0.25, 0.3) is 22.6 Å². The summed E-state index contributed by atoms with van der Waals surface area (Å²) in [6.07, 6.45) is 0. The van der Waals surface area contributed by atoms with Gasteiger partial charge in [0.25, 0.3) is 0 Å². The van der Waals surface area contributed by atoms with E-state index in [1.54, 1.807) is 0 Å². The van der Waals surface area contributed by atoms with Gasteiger partial charge in [0.2, 0.25) is 0 Å². The van der Waals surface area contributed by atoms with Crippen molar-refractivity contribution in [2.75, 3.05) is 0 Å². The van der Waals surface area contributed by atoms with Gasteiger partial charge in [0, 0.05) is 16.1 Å². The maximum absolute atomic E-state index is 6.23. The van der Waals surface area contributed by atoms with Gasteiger partial charge in [-0.1, -0.05) is 65.7 Å². The lowest BCUT2D eigenvalue weighted by Gasteiger charge is -2.08. The first-order valence-corrected chi connectivity index (χ1v) is 7.74. The number of benzene rings is 2. The minimum atomic E-state index is 0.374. The topological polar surface area (TPSA) is 25.8 Å². The summed E-state index contributed by atoms with van der Waals surface area (Å²) in [5.41, 5.74) is 2.55. The average molecular weight is 380 g/mol. The summed E-state index contributed by atoms with van der Waals surface area (Å²) in [5.74, 6) is 0.546. The van der Waals surface area contributed by atoms with Gasteiger partial charge >= 0.3 is 0 Å². The van der Waals surface area contributed by atoms with Gasteiger partial charge in [0.15, 0.2) is 5.82 Å². The van der Waals surface area contributed by atoms with E-state index in [4.69, 9.17) is 23.2 Å². The van der Waals surface area contributed by atoms with Crippen molar-refractivity contribution in [2.45, 2.75) is 0 Å². The summed E-state index contributed by atoms with van der Waals surface area (Å²) in [7, 11) is 0. The smallest absolute Gasteiger partial charge is 0.161 e. The Morgan fingerprint density at radius 1 is 0.810 bits per heavy atom. The van der Waals surface area contributed by atoms with Crippen molar-refractivity contribution < 1.29 is 0 Å². The van der Waals surface area contributed by atoms with E-state index in [1.807, 2.05) is 54.6 Å². The van der Waals surface area contributed by atoms with Crippen LogP contribution in [-0.4, -0.2) is 9.97 Å². The van der Waals surface area contributed by atoms with Crippen molar-refractivity contribution in [3.8, 4) is 22.6 Å². The molecule has 0 amide bonds. The molecule has 2 nitrogen and oxygen atoms in total. The quantitative estimate of drug-likeness (QED) is 0.519. The Morgan fingerprint density at radius 3 is 2.24 bits per heavy atom. The van der Waals surface area contributed by atoms with Crippen LogP contribution in [0.4, 0.5) is 0 Å². The van der Waals surface area contributed by atoms with Gasteiger partial charge in [-0.25, -0.2) is 9.97 Å². The fourth-order valence-corrected chi connectivity index (χ4v) is 2.73. The molecule has 3 aromatic rings. The highest BCUT2D eigenvalue weighted by atomic mass is 79.9. The van der Waals surface area contributed by atoms with Gasteiger partial charge in [-0.15, -0.1) is 0 Å². The third-order valence-electron chi connectivity index (χ3n) is 2.94. The van der Waals surface area contributed by atoms with Crippen LogP contribution in [0.15, 0.2) is 59.1 Å². The minimum Gasteiger partial charge on any atom is -0.227 e. The molecular formula is C16H9BrCl2N2. The molecule has 0 spiro atoms. The lowest BCUT2D eigenvalue weighted by molar-refractivity contribution is 1.16. The van der Waals surface area contributed by atoms with Gasteiger partial charge in [-0.2, -0.15) is 0 Å². The maximum Gasteiger partial charge on any atom is 0.161 e. The molecule has 0 saturated heterocycles. The number of hydrogen-bond donors (Lipinski definition) is 0. The van der Waals surface area contributed by atoms with Crippen LogP contribution in [0.3, 0.4) is 0 Å². The zero-order chi connectivity index (χ0) is 14.8. The van der Waals surface area contributed by atoms with Gasteiger partial charge < -0.3 is 0 Å². The Kier molecular flexibility index (Phi) is 4.24. The van der Waals surface area contributed by atoms with Crippen molar-refractivity contribution in [3.63, 3.8) is 0 Å². The molecule has 0 N–H and O–H groups in total. The SMILES string of the molecule is Clc1cccc(-c2nc(Cl)c(Br)c(-c3ccccc3)n2)c1. The Labute approximate surface area is 140 Å². The monoisotopic (exact) mass is 378 g/mol. The summed E-state index contributed by atoms with van der Waals surface area (Å²) in [4.78, 5) is 8.93. The van der Waals surface area contributed by atoms with Crippen LogP contribution >= 0.6 is 39.1 Å². The van der Waals surface area contributed by atoms with Crippen molar-refractivity contribution in [1.29, 1.82) is 0 Å². The molecule has 104 valence electrons. The first-order chi connectivity index (χ1) is 10.1. The summed E-state index contributed by atoms with van der Waals surface area (Å²) in [5, 5.41) is 1.01. The van der Waals surface area contributed by atoms with Gasteiger partial charge in [-0.05, 0) is 28.1 Å². The lowest BCUT2D eigenvalue weighted by Crippen LogP contribution is -1.95. The molecule has 1 aromatic heterocycles. The molecule has 21 heavy (non-hydrogen) atoms. The molecule has 0 unspecified atom stereocenters. The zero-order valence-electron chi connectivity index (χ0n) is 10.7. The van der Waals surface area contributed by atoms with Crippen LogP contribution in [0.5, 0.6) is 0 Å². The molecule has 0 aliphatic rings. The molecular weight excluding hydrogens is 371 g/mol. The Morgan fingerprint density at radius 2 is 1.52 bits per heavy atom. The number of halogens is 3. The highest BCUT2D eigenvalue weighted by molar-refractivity contribution is 9.10. The summed E-state index contributed by atoms with van der Waals surface area (Å²) in [6.45, 7) is 0. The average Bonchev–Trinajstić information content (AvgIpc) is 2.51. The van der Waals surface area contributed by atoms with Crippen LogP contribution < -0.4 is 0 Å². The van der Waals surface area contributed by atoms with E-state index in [2.05, 4.69) is 25.9 Å². The third kappa shape index (κ3) is 3.10. The second-order valence-electron chi connectivity index (χ2n) is 4.38. The summed E-state index contributed by atoms with van der Waals surface area (Å²) >= 11 is 15.7. The summed E-state index contributed by atoms with van der Waals surface area (Å²) in [6, 6.07) is 17.2. The van der Waals surface area contributed by atoms with Crippen molar-refractivity contribution in [2.24, 2.45) is 0 Å². The fourth-order valence-electron chi connectivity index (χ4n) is 1.96. The Bertz CT molecular complexity index is 792. The molecule has 0 atom stereocenters.